The average molecular weight is 824 g/mol. The number of carboxylic acid groups (broad SMARTS) is 1. The van der Waals surface area contributed by atoms with Gasteiger partial charge in [0.1, 0.15) is 29.9 Å². The molecule has 13 heteroatoms. The van der Waals surface area contributed by atoms with Gasteiger partial charge in [0.2, 0.25) is 29.5 Å². The second-order valence-corrected chi connectivity index (χ2v) is 14.9. The van der Waals surface area contributed by atoms with Crippen molar-refractivity contribution in [1.82, 2.24) is 21.3 Å². The first-order valence-corrected chi connectivity index (χ1v) is 20.2. The van der Waals surface area contributed by atoms with Crippen LogP contribution in [0.4, 0.5) is 5.69 Å². The Labute approximate surface area is 354 Å². The molecule has 0 spiro atoms. The van der Waals surface area contributed by atoms with E-state index in [4.69, 9.17) is 4.74 Å². The van der Waals surface area contributed by atoms with Crippen molar-refractivity contribution in [3.8, 4) is 16.9 Å². The standard InChI is InChI=1S/C48H49N5O8/c1-61-38-14-8-13-36(30-38)35-20-15-33(16-21-35)28-41-46(57)52-40(27-32-11-6-3-7-12-32)47(58)53-42(48(59)60)29-34-17-22-37(23-18-34)49-43(54)25-26-44(55)50-39(45(56)51-41)24-19-31-9-4-2-5-10-31/h2-18,20-23,30,39-42H,19,24-29H2,1H3,(H,49,54)(H,50,55)(H,51,56)(H,52,57)(H,53,58)(H,59,60)/t39-,40-,41+,42+/m1/s1. The third kappa shape index (κ3) is 12.9. The quantitative estimate of drug-likeness (QED) is 0.109. The van der Waals surface area contributed by atoms with Gasteiger partial charge in [-0.1, -0.05) is 109 Å². The Kier molecular flexibility index (Phi) is 15.0. The Balaban J connectivity index is 1.34. The zero-order valence-electron chi connectivity index (χ0n) is 33.8. The minimum Gasteiger partial charge on any atom is -0.497 e. The van der Waals surface area contributed by atoms with Crippen LogP contribution in [0, 0.1) is 0 Å². The van der Waals surface area contributed by atoms with Gasteiger partial charge in [-0.25, -0.2) is 4.79 Å². The van der Waals surface area contributed by atoms with Gasteiger partial charge in [-0.15, -0.1) is 0 Å². The lowest BCUT2D eigenvalue weighted by Crippen LogP contribution is -2.59. The summed E-state index contributed by atoms with van der Waals surface area (Å²) in [5.41, 5.74) is 5.13. The molecule has 0 unspecified atom stereocenters. The number of benzene rings is 5. The summed E-state index contributed by atoms with van der Waals surface area (Å²) < 4.78 is 5.39. The van der Waals surface area contributed by atoms with Crippen molar-refractivity contribution in [3.63, 3.8) is 0 Å². The van der Waals surface area contributed by atoms with E-state index < -0.39 is 59.7 Å². The van der Waals surface area contributed by atoms with Gasteiger partial charge in [0, 0.05) is 37.8 Å². The molecule has 2 aliphatic heterocycles. The molecule has 0 aliphatic carbocycles. The molecular formula is C48H49N5O8. The predicted octanol–water partition coefficient (Wildman–Crippen LogP) is 4.78. The van der Waals surface area contributed by atoms with Gasteiger partial charge in [0.25, 0.3) is 0 Å². The van der Waals surface area contributed by atoms with Crippen molar-refractivity contribution in [2.75, 3.05) is 12.4 Å². The lowest BCUT2D eigenvalue weighted by atomic mass is 9.98. The van der Waals surface area contributed by atoms with Crippen molar-refractivity contribution in [2.45, 2.75) is 69.1 Å². The van der Waals surface area contributed by atoms with Crippen LogP contribution in [-0.2, 0) is 54.5 Å². The number of rotatable bonds is 10. The fourth-order valence-electron chi connectivity index (χ4n) is 7.06. The number of carbonyl (C=O) groups is 6. The maximum Gasteiger partial charge on any atom is 0.326 e. The largest absolute Gasteiger partial charge is 0.497 e. The molecule has 314 valence electrons. The van der Waals surface area contributed by atoms with Crippen LogP contribution in [0.2, 0.25) is 0 Å². The van der Waals surface area contributed by atoms with Gasteiger partial charge in [0.05, 0.1) is 7.11 Å². The summed E-state index contributed by atoms with van der Waals surface area (Å²) in [6.07, 6.45) is 0.149. The van der Waals surface area contributed by atoms with Crippen LogP contribution in [0.15, 0.2) is 133 Å². The molecule has 61 heavy (non-hydrogen) atoms. The van der Waals surface area contributed by atoms with E-state index in [0.29, 0.717) is 34.5 Å². The zero-order chi connectivity index (χ0) is 43.1. The van der Waals surface area contributed by atoms with Crippen molar-refractivity contribution in [3.05, 3.63) is 156 Å². The second-order valence-electron chi connectivity index (χ2n) is 14.9. The molecule has 0 fully saturated rings. The molecule has 2 heterocycles. The van der Waals surface area contributed by atoms with Crippen molar-refractivity contribution >= 4 is 41.2 Å². The minimum atomic E-state index is -1.36. The number of carbonyl (C=O) groups excluding carboxylic acids is 5. The van der Waals surface area contributed by atoms with Crippen LogP contribution in [0.1, 0.15) is 41.5 Å². The molecule has 0 radical (unpaired) electrons. The Morgan fingerprint density at radius 3 is 1.79 bits per heavy atom. The number of aryl methyl sites for hydroxylation is 1. The Bertz CT molecular complexity index is 2300. The summed E-state index contributed by atoms with van der Waals surface area (Å²) in [5.74, 6) is -3.62. The van der Waals surface area contributed by atoms with Gasteiger partial charge < -0.3 is 36.4 Å². The van der Waals surface area contributed by atoms with E-state index in [1.54, 1.807) is 55.6 Å². The molecule has 7 rings (SSSR count). The van der Waals surface area contributed by atoms with Gasteiger partial charge in [-0.2, -0.15) is 0 Å². The van der Waals surface area contributed by atoms with Crippen LogP contribution >= 0.6 is 0 Å². The molecule has 2 bridgehead atoms. The summed E-state index contributed by atoms with van der Waals surface area (Å²) >= 11 is 0. The average Bonchev–Trinajstić information content (AvgIpc) is 3.27. The van der Waals surface area contributed by atoms with Gasteiger partial charge in [0.15, 0.2) is 0 Å². The Hall–Kier alpha value is -7.28. The number of methoxy groups -OCH3 is 1. The smallest absolute Gasteiger partial charge is 0.326 e. The summed E-state index contributed by atoms with van der Waals surface area (Å²) in [7, 11) is 1.59. The number of nitrogens with one attached hydrogen (secondary N) is 5. The summed E-state index contributed by atoms with van der Waals surface area (Å²) in [4.78, 5) is 81.6. The monoisotopic (exact) mass is 823 g/mol. The molecule has 0 saturated heterocycles. The number of carboxylic acids is 1. The zero-order valence-corrected chi connectivity index (χ0v) is 33.8. The summed E-state index contributed by atoms with van der Waals surface area (Å²) in [5, 5.41) is 24.0. The number of amides is 5. The predicted molar refractivity (Wildman–Crippen MR) is 230 cm³/mol. The third-order valence-corrected chi connectivity index (χ3v) is 10.4. The van der Waals surface area contributed by atoms with E-state index in [9.17, 15) is 33.9 Å². The van der Waals surface area contributed by atoms with Crippen molar-refractivity contribution < 1.29 is 38.6 Å². The lowest BCUT2D eigenvalue weighted by Gasteiger charge is -2.26. The fourth-order valence-corrected chi connectivity index (χ4v) is 7.06. The van der Waals surface area contributed by atoms with E-state index in [1.165, 1.54) is 0 Å². The molecule has 4 atom stereocenters. The molecule has 5 aromatic rings. The lowest BCUT2D eigenvalue weighted by molar-refractivity contribution is -0.142. The molecule has 5 amide bonds. The highest BCUT2D eigenvalue weighted by molar-refractivity contribution is 5.96. The van der Waals surface area contributed by atoms with E-state index in [2.05, 4.69) is 26.6 Å². The van der Waals surface area contributed by atoms with E-state index >= 15 is 0 Å². The summed E-state index contributed by atoms with van der Waals surface area (Å²) in [6, 6.07) is 35.0. The van der Waals surface area contributed by atoms with Crippen LogP contribution in [0.5, 0.6) is 5.75 Å². The number of hydrogen-bond acceptors (Lipinski definition) is 7. The molecule has 2 aliphatic rings. The van der Waals surface area contributed by atoms with E-state index in [1.807, 2.05) is 84.9 Å². The van der Waals surface area contributed by atoms with Crippen molar-refractivity contribution in [1.29, 1.82) is 0 Å². The fraction of sp³-hybridized carbons (Fsp3) is 0.250. The first-order valence-electron chi connectivity index (χ1n) is 20.2. The maximum atomic E-state index is 14.5. The summed E-state index contributed by atoms with van der Waals surface area (Å²) in [6.45, 7) is 0. The Morgan fingerprint density at radius 1 is 0.590 bits per heavy atom. The molecule has 0 aromatic heterocycles. The van der Waals surface area contributed by atoms with Gasteiger partial charge >= 0.3 is 5.97 Å². The number of fused-ring (bicyclic) bond motifs is 18. The molecule has 5 aromatic carbocycles. The maximum absolute atomic E-state index is 14.5. The highest BCUT2D eigenvalue weighted by Gasteiger charge is 2.32. The van der Waals surface area contributed by atoms with Crippen molar-refractivity contribution in [2.24, 2.45) is 0 Å². The highest BCUT2D eigenvalue weighted by Crippen LogP contribution is 2.24. The SMILES string of the molecule is COc1cccc(-c2ccc(C[C@@H]3NC(=O)[C@@H](CCc4ccccc4)NC(=O)CCC(=O)Nc4ccc(cc4)C[C@@H](C(=O)O)NC(=O)[C@@H](Cc4ccccc4)NC3=O)cc2)c1. The molecule has 6 N–H and O–H groups in total. The number of anilines is 1. The number of hydrogen-bond donors (Lipinski definition) is 6. The first kappa shape index (κ1) is 43.3. The molecular weight excluding hydrogens is 775 g/mol. The van der Waals surface area contributed by atoms with Crippen LogP contribution in [0.25, 0.3) is 11.1 Å². The van der Waals surface area contributed by atoms with Crippen LogP contribution in [0.3, 0.4) is 0 Å². The second kappa shape index (κ2) is 21.1. The topological polar surface area (TPSA) is 192 Å². The Morgan fingerprint density at radius 2 is 1.16 bits per heavy atom. The molecule has 13 nitrogen and oxygen atoms in total. The first-order chi connectivity index (χ1) is 29.5. The third-order valence-electron chi connectivity index (χ3n) is 10.4. The highest BCUT2D eigenvalue weighted by atomic mass is 16.5. The minimum absolute atomic E-state index is 0.00272. The normalized spacial score (nSPS) is 19.3. The van der Waals surface area contributed by atoms with Gasteiger partial charge in [-0.3, -0.25) is 24.0 Å². The van der Waals surface area contributed by atoms with Crippen LogP contribution < -0.4 is 31.3 Å². The van der Waals surface area contributed by atoms with E-state index in [0.717, 1.165) is 16.7 Å². The van der Waals surface area contributed by atoms with Crippen LogP contribution in [-0.4, -0.2) is 71.9 Å². The number of ether oxygens (including phenoxy) is 1. The van der Waals surface area contributed by atoms with Gasteiger partial charge in [-0.05, 0) is 70.5 Å². The molecule has 0 saturated carbocycles. The van der Waals surface area contributed by atoms with E-state index in [-0.39, 0.29) is 38.5 Å². The number of aliphatic carboxylic acids is 1.